The summed E-state index contributed by atoms with van der Waals surface area (Å²) in [5.74, 6) is 4.74. The molecule has 2 aromatic rings. The molecule has 2 aromatic heterocycles. The standard InChI is InChI=1S/C20H24N4/c1-13-6-19(23-20(22-13)17-2-4-21-5-3-17)24-12-16-8-14-7-15(9-16)11-18(24)10-14/h2-6,14-16,18H,7-12H2,1H3/t14-,15+,16?,18?. The van der Waals surface area contributed by atoms with Gasteiger partial charge in [-0.3, -0.25) is 4.98 Å². The molecule has 2 saturated carbocycles. The zero-order valence-electron chi connectivity index (χ0n) is 14.2. The quantitative estimate of drug-likeness (QED) is 0.842. The number of hydrogen-bond donors (Lipinski definition) is 0. The largest absolute Gasteiger partial charge is 0.353 e. The highest BCUT2D eigenvalue weighted by atomic mass is 15.2. The van der Waals surface area contributed by atoms with Crippen LogP contribution in [0.3, 0.4) is 0 Å². The molecule has 4 nitrogen and oxygen atoms in total. The Morgan fingerprint density at radius 2 is 1.62 bits per heavy atom. The molecule has 4 heterocycles. The molecule has 2 aliphatic carbocycles. The first-order valence-electron chi connectivity index (χ1n) is 9.27. The molecule has 4 aliphatic rings. The lowest BCUT2D eigenvalue weighted by atomic mass is 9.68. The minimum Gasteiger partial charge on any atom is -0.353 e. The highest BCUT2D eigenvalue weighted by Gasteiger charge is 2.43. The Hall–Kier alpha value is -1.97. The van der Waals surface area contributed by atoms with E-state index in [0.29, 0.717) is 6.04 Å². The topological polar surface area (TPSA) is 41.9 Å². The molecule has 2 saturated heterocycles. The van der Waals surface area contributed by atoms with Crippen LogP contribution in [0.25, 0.3) is 11.4 Å². The van der Waals surface area contributed by atoms with E-state index in [-0.39, 0.29) is 0 Å². The monoisotopic (exact) mass is 320 g/mol. The lowest BCUT2D eigenvalue weighted by Gasteiger charge is -2.39. The van der Waals surface area contributed by atoms with Gasteiger partial charge in [0, 0.05) is 42.3 Å². The third kappa shape index (κ3) is 2.48. The summed E-state index contributed by atoms with van der Waals surface area (Å²) in [5, 5.41) is 0. The summed E-state index contributed by atoms with van der Waals surface area (Å²) < 4.78 is 0. The molecular weight excluding hydrogens is 296 g/mol. The van der Waals surface area contributed by atoms with Crippen molar-refractivity contribution in [1.29, 1.82) is 0 Å². The third-order valence-corrected chi connectivity index (χ3v) is 6.18. The SMILES string of the molecule is Cc1cc(N2CC3C[C@@H]4CC2C[C@H](C3)C4)nc(-c2ccncc2)n1. The van der Waals surface area contributed by atoms with Crippen molar-refractivity contribution in [2.24, 2.45) is 17.8 Å². The molecule has 4 atom stereocenters. The molecule has 24 heavy (non-hydrogen) atoms. The number of rotatable bonds is 2. The van der Waals surface area contributed by atoms with Crippen LogP contribution in [-0.4, -0.2) is 27.5 Å². The van der Waals surface area contributed by atoms with E-state index in [2.05, 4.69) is 27.9 Å². The van der Waals surface area contributed by atoms with Crippen molar-refractivity contribution in [3.63, 3.8) is 0 Å². The first-order valence-corrected chi connectivity index (χ1v) is 9.27. The van der Waals surface area contributed by atoms with E-state index in [1.165, 1.54) is 38.6 Å². The van der Waals surface area contributed by atoms with Crippen molar-refractivity contribution >= 4 is 5.82 Å². The molecule has 4 fully saturated rings. The van der Waals surface area contributed by atoms with Crippen molar-refractivity contribution in [1.82, 2.24) is 15.0 Å². The summed E-state index contributed by atoms with van der Waals surface area (Å²) in [4.78, 5) is 16.3. The van der Waals surface area contributed by atoms with E-state index >= 15 is 0 Å². The van der Waals surface area contributed by atoms with Gasteiger partial charge in [-0.1, -0.05) is 0 Å². The van der Waals surface area contributed by atoms with Crippen LogP contribution in [0.1, 0.15) is 37.8 Å². The molecule has 4 heteroatoms. The predicted octanol–water partition coefficient (Wildman–Crippen LogP) is 3.86. The Labute approximate surface area is 143 Å². The van der Waals surface area contributed by atoms with Crippen LogP contribution in [-0.2, 0) is 0 Å². The second kappa shape index (κ2) is 5.54. The number of pyridine rings is 1. The molecule has 6 rings (SSSR count). The van der Waals surface area contributed by atoms with Gasteiger partial charge < -0.3 is 4.90 Å². The molecule has 0 spiro atoms. The van der Waals surface area contributed by atoms with Crippen LogP contribution in [0.4, 0.5) is 5.82 Å². The van der Waals surface area contributed by atoms with Gasteiger partial charge in [0.2, 0.25) is 0 Å². The van der Waals surface area contributed by atoms with Crippen LogP contribution in [0.15, 0.2) is 30.6 Å². The fraction of sp³-hybridized carbons (Fsp3) is 0.550. The molecule has 0 radical (unpaired) electrons. The number of fused-ring (bicyclic) bond motifs is 1. The fourth-order valence-electron chi connectivity index (χ4n) is 5.39. The van der Waals surface area contributed by atoms with Gasteiger partial charge in [0.1, 0.15) is 5.82 Å². The Balaban J connectivity index is 1.54. The van der Waals surface area contributed by atoms with Gasteiger partial charge in [0.15, 0.2) is 5.82 Å². The number of hydrogen-bond acceptors (Lipinski definition) is 4. The zero-order valence-corrected chi connectivity index (χ0v) is 14.2. The van der Waals surface area contributed by atoms with Gasteiger partial charge in [-0.25, -0.2) is 9.97 Å². The summed E-state index contributed by atoms with van der Waals surface area (Å²) in [6, 6.07) is 6.85. The lowest BCUT2D eigenvalue weighted by molar-refractivity contribution is 0.157. The smallest absolute Gasteiger partial charge is 0.161 e. The van der Waals surface area contributed by atoms with Gasteiger partial charge in [0.25, 0.3) is 0 Å². The molecule has 0 amide bonds. The molecular formula is C20H24N4. The summed E-state index contributed by atoms with van der Waals surface area (Å²) in [6.45, 7) is 3.27. The van der Waals surface area contributed by atoms with Crippen molar-refractivity contribution in [2.75, 3.05) is 11.4 Å². The maximum Gasteiger partial charge on any atom is 0.161 e. The predicted molar refractivity (Wildman–Crippen MR) is 94.7 cm³/mol. The highest BCUT2D eigenvalue weighted by Crippen LogP contribution is 2.48. The third-order valence-electron chi connectivity index (χ3n) is 6.18. The zero-order chi connectivity index (χ0) is 16.1. The molecule has 0 N–H and O–H groups in total. The van der Waals surface area contributed by atoms with E-state index in [1.807, 2.05) is 24.5 Å². The fourth-order valence-corrected chi connectivity index (χ4v) is 5.39. The first kappa shape index (κ1) is 14.4. The van der Waals surface area contributed by atoms with Crippen LogP contribution in [0, 0.1) is 24.7 Å². The molecule has 124 valence electrons. The van der Waals surface area contributed by atoms with Gasteiger partial charge in [-0.05, 0) is 68.9 Å². The average Bonchev–Trinajstić information content (AvgIpc) is 2.79. The second-order valence-corrected chi connectivity index (χ2v) is 8.01. The second-order valence-electron chi connectivity index (χ2n) is 8.01. The van der Waals surface area contributed by atoms with Crippen molar-refractivity contribution in [3.05, 3.63) is 36.3 Å². The average molecular weight is 320 g/mol. The van der Waals surface area contributed by atoms with E-state index in [1.54, 1.807) is 0 Å². The lowest BCUT2D eigenvalue weighted by Crippen LogP contribution is -2.38. The molecule has 2 aliphatic heterocycles. The van der Waals surface area contributed by atoms with Crippen LogP contribution in [0.2, 0.25) is 0 Å². The summed E-state index contributed by atoms with van der Waals surface area (Å²) >= 11 is 0. The molecule has 0 aromatic carbocycles. The Morgan fingerprint density at radius 1 is 0.917 bits per heavy atom. The minimum atomic E-state index is 0.681. The van der Waals surface area contributed by atoms with Gasteiger partial charge >= 0.3 is 0 Å². The van der Waals surface area contributed by atoms with Crippen molar-refractivity contribution in [2.45, 2.75) is 45.1 Å². The van der Waals surface area contributed by atoms with E-state index in [4.69, 9.17) is 4.98 Å². The van der Waals surface area contributed by atoms with Crippen molar-refractivity contribution < 1.29 is 0 Å². The number of anilines is 1. The number of aromatic nitrogens is 3. The number of aryl methyl sites for hydroxylation is 1. The molecule has 4 bridgehead atoms. The first-order chi connectivity index (χ1) is 11.7. The number of nitrogens with zero attached hydrogens (tertiary/aromatic N) is 4. The summed E-state index contributed by atoms with van der Waals surface area (Å²) in [7, 11) is 0. The van der Waals surface area contributed by atoms with E-state index in [9.17, 15) is 0 Å². The van der Waals surface area contributed by atoms with Crippen molar-refractivity contribution in [3.8, 4) is 11.4 Å². The summed E-state index contributed by atoms with van der Waals surface area (Å²) in [5.41, 5.74) is 2.10. The van der Waals surface area contributed by atoms with Gasteiger partial charge in [0.05, 0.1) is 0 Å². The van der Waals surface area contributed by atoms with E-state index < -0.39 is 0 Å². The maximum absolute atomic E-state index is 4.96. The molecule has 2 unspecified atom stereocenters. The highest BCUT2D eigenvalue weighted by molar-refractivity contribution is 5.57. The Morgan fingerprint density at radius 3 is 2.38 bits per heavy atom. The summed E-state index contributed by atoms with van der Waals surface area (Å²) in [6.07, 6.45) is 10.7. The normalized spacial score (nSPS) is 31.3. The maximum atomic E-state index is 4.96. The Bertz CT molecular complexity index is 731. The van der Waals surface area contributed by atoms with Gasteiger partial charge in [-0.15, -0.1) is 0 Å². The minimum absolute atomic E-state index is 0.681. The van der Waals surface area contributed by atoms with Crippen LogP contribution < -0.4 is 4.90 Å². The van der Waals surface area contributed by atoms with Crippen LogP contribution in [0.5, 0.6) is 0 Å². The van der Waals surface area contributed by atoms with Crippen LogP contribution >= 0.6 is 0 Å². The Kier molecular flexibility index (Phi) is 3.32. The van der Waals surface area contributed by atoms with E-state index in [0.717, 1.165) is 40.7 Å². The van der Waals surface area contributed by atoms with Gasteiger partial charge in [-0.2, -0.15) is 0 Å².